The van der Waals surface area contributed by atoms with Crippen LogP contribution in [0.4, 0.5) is 0 Å². The van der Waals surface area contributed by atoms with Crippen molar-refractivity contribution in [2.75, 3.05) is 0 Å². The molecule has 0 aliphatic carbocycles. The summed E-state index contributed by atoms with van der Waals surface area (Å²) in [5, 5.41) is 0. The predicted molar refractivity (Wildman–Crippen MR) is 2.62 cm³/mol. The Balaban J connectivity index is 0. The van der Waals surface area contributed by atoms with Gasteiger partial charge in [0.05, 0.1) is 0 Å². The van der Waals surface area contributed by atoms with Crippen molar-refractivity contribution in [3.63, 3.8) is 0 Å². The van der Waals surface area contributed by atoms with E-state index < -0.39 is 0 Å². The van der Waals surface area contributed by atoms with Crippen LogP contribution in [0.1, 0.15) is 0 Å². The Hall–Kier alpha value is 0.985. The molecular weight excluding hydrogens is 136 g/mol. The van der Waals surface area contributed by atoms with Gasteiger partial charge >= 0.3 is 34.7 Å². The molecule has 2 radical (unpaired) electrons. The summed E-state index contributed by atoms with van der Waals surface area (Å²) < 4.78 is 0. The second-order valence-electron chi connectivity index (χ2n) is 0. The van der Waals surface area contributed by atoms with Gasteiger partial charge in [0, 0.05) is 0 Å². The molecular formula is HCr2O2+3. The molecule has 4 heteroatoms. The van der Waals surface area contributed by atoms with Gasteiger partial charge in [0.2, 0.25) is 0 Å². The maximum atomic E-state index is 0. The molecule has 0 fully saturated rings. The SMILES string of the molecule is [Cr+3].[Cr+3].[O-2].[OH-]. The molecule has 0 aromatic heterocycles. The van der Waals surface area contributed by atoms with Gasteiger partial charge in [-0.25, -0.2) is 0 Å². The topological polar surface area (TPSA) is 58.5 Å². The van der Waals surface area contributed by atoms with Crippen LogP contribution in [0.3, 0.4) is 0 Å². The molecule has 0 amide bonds. The van der Waals surface area contributed by atoms with Gasteiger partial charge in [-0.1, -0.05) is 0 Å². The third-order valence-corrected chi connectivity index (χ3v) is 0. The molecule has 0 saturated heterocycles. The van der Waals surface area contributed by atoms with Gasteiger partial charge in [0.25, 0.3) is 0 Å². The monoisotopic (exact) mass is 137 g/mol. The Bertz CT molecular complexity index is 4.00. The van der Waals surface area contributed by atoms with Crippen LogP contribution in [0.15, 0.2) is 0 Å². The number of rotatable bonds is 0. The van der Waals surface area contributed by atoms with E-state index in [2.05, 4.69) is 0 Å². The fraction of sp³-hybridized carbons (Fsp3) is 0. The van der Waals surface area contributed by atoms with Crippen molar-refractivity contribution >= 4 is 0 Å². The number of hydrogen-bond acceptors (Lipinski definition) is 1. The second kappa shape index (κ2) is 36.6. The molecule has 0 aromatic carbocycles. The summed E-state index contributed by atoms with van der Waals surface area (Å²) in [6, 6.07) is 0. The summed E-state index contributed by atoms with van der Waals surface area (Å²) in [6.07, 6.45) is 0. The minimum Gasteiger partial charge on any atom is -2.00 e. The van der Waals surface area contributed by atoms with Gasteiger partial charge in [-0.2, -0.15) is 0 Å². The van der Waals surface area contributed by atoms with Crippen LogP contribution in [-0.4, -0.2) is 5.48 Å². The molecule has 0 heterocycles. The molecule has 0 rings (SSSR count). The molecule has 4 heavy (non-hydrogen) atoms. The zero-order chi connectivity index (χ0) is 0. The summed E-state index contributed by atoms with van der Waals surface area (Å²) in [7, 11) is 0. The van der Waals surface area contributed by atoms with Gasteiger partial charge in [0.1, 0.15) is 0 Å². The zero-order valence-corrected chi connectivity index (χ0v) is 4.22. The van der Waals surface area contributed by atoms with Gasteiger partial charge in [0.15, 0.2) is 0 Å². The molecule has 1 N–H and O–H groups in total. The van der Waals surface area contributed by atoms with Gasteiger partial charge < -0.3 is 11.0 Å². The largest absolute Gasteiger partial charge is 3.00 e. The van der Waals surface area contributed by atoms with E-state index in [0.717, 1.165) is 0 Å². The molecule has 2 nitrogen and oxygen atoms in total. The van der Waals surface area contributed by atoms with Crippen LogP contribution in [0, 0.1) is 0 Å². The Morgan fingerprint density at radius 2 is 0.750 bits per heavy atom. The zero-order valence-electron chi connectivity index (χ0n) is 1.67. The summed E-state index contributed by atoms with van der Waals surface area (Å²) >= 11 is 0. The normalized spacial score (nSPS) is 0. The molecule has 0 aliphatic rings. The van der Waals surface area contributed by atoms with E-state index in [9.17, 15) is 0 Å². The third kappa shape index (κ3) is 12.1. The Labute approximate surface area is 46.1 Å². The van der Waals surface area contributed by atoms with Crippen LogP contribution in [0.5, 0.6) is 0 Å². The van der Waals surface area contributed by atoms with E-state index in [1.165, 1.54) is 0 Å². The van der Waals surface area contributed by atoms with E-state index >= 15 is 0 Å². The van der Waals surface area contributed by atoms with E-state index in [0.29, 0.717) is 0 Å². The number of hydrogen-bond donors (Lipinski definition) is 0. The Morgan fingerprint density at radius 1 is 0.750 bits per heavy atom. The summed E-state index contributed by atoms with van der Waals surface area (Å²) in [4.78, 5) is 0. The minimum absolute atomic E-state index is 0. The fourth-order valence-corrected chi connectivity index (χ4v) is 0. The molecule has 0 bridgehead atoms. The van der Waals surface area contributed by atoms with Crippen LogP contribution in [-0.2, 0) is 40.2 Å². The van der Waals surface area contributed by atoms with Crippen molar-refractivity contribution in [2.45, 2.75) is 0 Å². The molecule has 0 saturated carbocycles. The molecule has 22 valence electrons. The van der Waals surface area contributed by atoms with Gasteiger partial charge in [-0.3, -0.25) is 0 Å². The predicted octanol–water partition coefficient (Wildman–Crippen LogP) is -0.301. The van der Waals surface area contributed by atoms with E-state index in [1.54, 1.807) is 0 Å². The standard InChI is InChI=1S/2Cr.H2O.O/h;;1H2;/q2*+3;;-2/p-1. The van der Waals surface area contributed by atoms with Crippen molar-refractivity contribution in [3.05, 3.63) is 0 Å². The van der Waals surface area contributed by atoms with E-state index in [-0.39, 0.29) is 45.7 Å². The quantitative estimate of drug-likeness (QED) is 0.452. The Kier molecular flexibility index (Phi) is 747. The molecule has 0 unspecified atom stereocenters. The van der Waals surface area contributed by atoms with Gasteiger partial charge in [-0.15, -0.1) is 0 Å². The van der Waals surface area contributed by atoms with Crippen molar-refractivity contribution in [1.82, 2.24) is 0 Å². The smallest absolute Gasteiger partial charge is 2.00 e. The summed E-state index contributed by atoms with van der Waals surface area (Å²) in [6.45, 7) is 0. The first kappa shape index (κ1) is 81.6. The van der Waals surface area contributed by atoms with Crippen molar-refractivity contribution in [2.24, 2.45) is 0 Å². The van der Waals surface area contributed by atoms with Crippen LogP contribution in [0.2, 0.25) is 0 Å². The average Bonchev–Trinajstić information content (AvgIpc) is 0. The maximum absolute atomic E-state index is 0. The Morgan fingerprint density at radius 3 is 0.750 bits per heavy atom. The molecule has 0 aliphatic heterocycles. The van der Waals surface area contributed by atoms with Crippen LogP contribution < -0.4 is 0 Å². The van der Waals surface area contributed by atoms with Crippen LogP contribution >= 0.6 is 0 Å². The second-order valence-corrected chi connectivity index (χ2v) is 0. The first-order valence-electron chi connectivity index (χ1n) is 0. The van der Waals surface area contributed by atoms with Crippen molar-refractivity contribution in [3.8, 4) is 0 Å². The molecule has 0 atom stereocenters. The summed E-state index contributed by atoms with van der Waals surface area (Å²) in [5.74, 6) is 0. The minimum atomic E-state index is 0. The first-order valence-corrected chi connectivity index (χ1v) is 0. The summed E-state index contributed by atoms with van der Waals surface area (Å²) in [5.41, 5.74) is 0. The molecule has 0 aromatic rings. The van der Waals surface area contributed by atoms with Crippen molar-refractivity contribution in [1.29, 1.82) is 0 Å². The van der Waals surface area contributed by atoms with Crippen LogP contribution in [0.25, 0.3) is 0 Å². The maximum Gasteiger partial charge on any atom is 3.00 e. The fourth-order valence-electron chi connectivity index (χ4n) is 0. The van der Waals surface area contributed by atoms with E-state index in [1.807, 2.05) is 0 Å². The van der Waals surface area contributed by atoms with E-state index in [4.69, 9.17) is 0 Å². The molecule has 0 spiro atoms. The van der Waals surface area contributed by atoms with Crippen molar-refractivity contribution < 1.29 is 45.7 Å². The third-order valence-electron chi connectivity index (χ3n) is 0. The average molecular weight is 137 g/mol. The first-order chi connectivity index (χ1) is 0. The van der Waals surface area contributed by atoms with Gasteiger partial charge in [-0.05, 0) is 0 Å².